The van der Waals surface area contributed by atoms with Crippen molar-refractivity contribution in [3.05, 3.63) is 40.3 Å². The van der Waals surface area contributed by atoms with E-state index in [2.05, 4.69) is 4.72 Å². The lowest BCUT2D eigenvalue weighted by molar-refractivity contribution is -0.146. The SMILES string of the molecule is C/C(=C/S(=O)(=O)N[C@H]1CCN([C@@H](C)C(=O)N2CCOCC2)C1=O)c1ccc(Cl)cc1. The predicted molar refractivity (Wildman–Crippen MR) is 114 cm³/mol. The number of halogens is 1. The van der Waals surface area contributed by atoms with E-state index in [1.165, 1.54) is 4.90 Å². The number of hydrogen-bond acceptors (Lipinski definition) is 5. The molecule has 2 heterocycles. The van der Waals surface area contributed by atoms with Crippen LogP contribution in [0.5, 0.6) is 0 Å². The average molecular weight is 456 g/mol. The van der Waals surface area contributed by atoms with E-state index in [0.29, 0.717) is 55.4 Å². The zero-order valence-electron chi connectivity index (χ0n) is 17.0. The van der Waals surface area contributed by atoms with Crippen LogP contribution in [0.4, 0.5) is 0 Å². The summed E-state index contributed by atoms with van der Waals surface area (Å²) in [6, 6.07) is 5.29. The van der Waals surface area contributed by atoms with Crippen LogP contribution in [0.3, 0.4) is 0 Å². The number of morpholine rings is 1. The van der Waals surface area contributed by atoms with Gasteiger partial charge in [0.15, 0.2) is 0 Å². The van der Waals surface area contributed by atoms with Crippen LogP contribution in [-0.2, 0) is 24.3 Å². The number of sulfonamides is 1. The second-order valence-corrected chi connectivity index (χ2v) is 9.46. The minimum atomic E-state index is -3.85. The summed E-state index contributed by atoms with van der Waals surface area (Å²) in [5.41, 5.74) is 1.24. The fourth-order valence-corrected chi connectivity index (χ4v) is 5.03. The predicted octanol–water partition coefficient (Wildman–Crippen LogP) is 1.47. The van der Waals surface area contributed by atoms with E-state index in [4.69, 9.17) is 16.3 Å². The maximum Gasteiger partial charge on any atom is 0.245 e. The third-order valence-electron chi connectivity index (χ3n) is 5.33. The van der Waals surface area contributed by atoms with Gasteiger partial charge < -0.3 is 14.5 Å². The standard InChI is InChI=1S/C20H26ClN3O5S/c1-14(16-3-5-17(21)6-4-16)13-30(27,28)22-18-7-8-24(20(18)26)15(2)19(25)23-9-11-29-12-10-23/h3-6,13,15,18,22H,7-12H2,1-2H3/b14-13-/t15-,18-/m0/s1. The Balaban J connectivity index is 1.64. The summed E-state index contributed by atoms with van der Waals surface area (Å²) in [5.74, 6) is -0.529. The Morgan fingerprint density at radius 1 is 1.23 bits per heavy atom. The number of amides is 2. The number of nitrogens with zero attached hydrogens (tertiary/aromatic N) is 2. The number of hydrogen-bond donors (Lipinski definition) is 1. The van der Waals surface area contributed by atoms with Crippen molar-refractivity contribution in [2.45, 2.75) is 32.4 Å². The highest BCUT2D eigenvalue weighted by atomic mass is 35.5. The minimum Gasteiger partial charge on any atom is -0.378 e. The first kappa shape index (κ1) is 22.7. The van der Waals surface area contributed by atoms with Gasteiger partial charge in [0, 0.05) is 30.1 Å². The van der Waals surface area contributed by atoms with Gasteiger partial charge in [0.1, 0.15) is 12.1 Å². The zero-order chi connectivity index (χ0) is 21.9. The fraction of sp³-hybridized carbons (Fsp3) is 0.500. The lowest BCUT2D eigenvalue weighted by Crippen LogP contribution is -2.52. The average Bonchev–Trinajstić information content (AvgIpc) is 3.07. The highest BCUT2D eigenvalue weighted by Gasteiger charge is 2.39. The third-order valence-corrected chi connectivity index (χ3v) is 6.85. The fourth-order valence-electron chi connectivity index (χ4n) is 3.62. The molecule has 2 fully saturated rings. The van der Waals surface area contributed by atoms with Crippen molar-refractivity contribution in [2.75, 3.05) is 32.8 Å². The van der Waals surface area contributed by atoms with Crippen molar-refractivity contribution in [3.8, 4) is 0 Å². The Hall–Kier alpha value is -1.94. The molecule has 2 atom stereocenters. The molecule has 2 aliphatic heterocycles. The van der Waals surface area contributed by atoms with Crippen molar-refractivity contribution >= 4 is 39.0 Å². The monoisotopic (exact) mass is 455 g/mol. The van der Waals surface area contributed by atoms with E-state index in [0.717, 1.165) is 5.41 Å². The minimum absolute atomic E-state index is 0.145. The van der Waals surface area contributed by atoms with Gasteiger partial charge in [0.25, 0.3) is 0 Å². The van der Waals surface area contributed by atoms with Crippen LogP contribution in [0.1, 0.15) is 25.8 Å². The van der Waals surface area contributed by atoms with Gasteiger partial charge in [-0.2, -0.15) is 4.72 Å². The molecule has 0 aliphatic carbocycles. The summed E-state index contributed by atoms with van der Waals surface area (Å²) >= 11 is 5.86. The molecule has 0 unspecified atom stereocenters. The number of benzene rings is 1. The number of carbonyl (C=O) groups is 2. The molecule has 2 amide bonds. The van der Waals surface area contributed by atoms with Crippen LogP contribution in [0.2, 0.25) is 5.02 Å². The molecule has 8 nitrogen and oxygen atoms in total. The van der Waals surface area contributed by atoms with E-state index in [9.17, 15) is 18.0 Å². The molecule has 10 heteroatoms. The number of allylic oxidation sites excluding steroid dienone is 1. The number of likely N-dealkylation sites (tertiary alicyclic amines) is 1. The molecule has 2 saturated heterocycles. The Morgan fingerprint density at radius 2 is 1.87 bits per heavy atom. The Bertz CT molecular complexity index is 926. The molecule has 2 aliphatic rings. The van der Waals surface area contributed by atoms with Crippen LogP contribution >= 0.6 is 11.6 Å². The van der Waals surface area contributed by atoms with Crippen molar-refractivity contribution in [2.24, 2.45) is 0 Å². The maximum absolute atomic E-state index is 12.8. The number of nitrogens with one attached hydrogen (secondary N) is 1. The molecule has 0 spiro atoms. The largest absolute Gasteiger partial charge is 0.378 e. The van der Waals surface area contributed by atoms with Gasteiger partial charge in [-0.1, -0.05) is 23.7 Å². The van der Waals surface area contributed by atoms with E-state index in [1.54, 1.807) is 43.0 Å². The third kappa shape index (κ3) is 5.40. The van der Waals surface area contributed by atoms with Gasteiger partial charge in [-0.15, -0.1) is 0 Å². The molecule has 1 aromatic rings. The Kier molecular flexibility index (Phi) is 7.18. The molecular formula is C20H26ClN3O5S. The van der Waals surface area contributed by atoms with E-state index in [1.807, 2.05) is 0 Å². The first-order chi connectivity index (χ1) is 14.2. The molecule has 1 aromatic carbocycles. The Labute approximate surface area is 181 Å². The van der Waals surface area contributed by atoms with Crippen LogP contribution in [0.25, 0.3) is 5.57 Å². The van der Waals surface area contributed by atoms with Gasteiger partial charge in [-0.25, -0.2) is 8.42 Å². The summed E-state index contributed by atoms with van der Waals surface area (Å²) in [6.45, 7) is 5.63. The summed E-state index contributed by atoms with van der Waals surface area (Å²) < 4.78 is 32.8. The maximum atomic E-state index is 12.8. The second-order valence-electron chi connectivity index (χ2n) is 7.46. The van der Waals surface area contributed by atoms with Crippen LogP contribution in [0.15, 0.2) is 29.7 Å². The van der Waals surface area contributed by atoms with Gasteiger partial charge in [0.2, 0.25) is 21.8 Å². The van der Waals surface area contributed by atoms with Gasteiger partial charge in [-0.05, 0) is 43.5 Å². The quantitative estimate of drug-likeness (QED) is 0.700. The summed E-state index contributed by atoms with van der Waals surface area (Å²) in [5, 5.41) is 1.67. The topological polar surface area (TPSA) is 96.0 Å². The van der Waals surface area contributed by atoms with Crippen LogP contribution < -0.4 is 4.72 Å². The lowest BCUT2D eigenvalue weighted by atomic mass is 10.1. The van der Waals surface area contributed by atoms with Gasteiger partial charge in [0.05, 0.1) is 13.2 Å². The molecule has 164 valence electrons. The number of carbonyl (C=O) groups excluding carboxylic acids is 2. The normalized spacial score (nSPS) is 21.8. The van der Waals surface area contributed by atoms with Crippen molar-refractivity contribution in [1.82, 2.24) is 14.5 Å². The highest BCUT2D eigenvalue weighted by molar-refractivity contribution is 7.92. The van der Waals surface area contributed by atoms with E-state index < -0.39 is 22.1 Å². The van der Waals surface area contributed by atoms with E-state index >= 15 is 0 Å². The first-order valence-electron chi connectivity index (χ1n) is 9.81. The molecule has 0 saturated carbocycles. The van der Waals surface area contributed by atoms with Crippen molar-refractivity contribution in [1.29, 1.82) is 0 Å². The van der Waals surface area contributed by atoms with Crippen LogP contribution in [0, 0.1) is 0 Å². The van der Waals surface area contributed by atoms with Crippen molar-refractivity contribution in [3.63, 3.8) is 0 Å². The highest BCUT2D eigenvalue weighted by Crippen LogP contribution is 2.20. The van der Waals surface area contributed by atoms with Gasteiger partial charge in [-0.3, -0.25) is 9.59 Å². The Morgan fingerprint density at radius 3 is 2.50 bits per heavy atom. The van der Waals surface area contributed by atoms with Gasteiger partial charge >= 0.3 is 0 Å². The summed E-state index contributed by atoms with van der Waals surface area (Å²) in [4.78, 5) is 28.6. The molecule has 0 radical (unpaired) electrons. The molecule has 3 rings (SSSR count). The number of rotatable bonds is 6. The summed E-state index contributed by atoms with van der Waals surface area (Å²) in [7, 11) is -3.85. The molecule has 30 heavy (non-hydrogen) atoms. The molecule has 0 aromatic heterocycles. The molecular weight excluding hydrogens is 430 g/mol. The van der Waals surface area contributed by atoms with E-state index in [-0.39, 0.29) is 11.8 Å². The number of ether oxygens (including phenoxy) is 1. The van der Waals surface area contributed by atoms with Crippen LogP contribution in [-0.4, -0.2) is 75.0 Å². The molecule has 0 bridgehead atoms. The second kappa shape index (κ2) is 9.47. The summed E-state index contributed by atoms with van der Waals surface area (Å²) in [6.07, 6.45) is 0.312. The smallest absolute Gasteiger partial charge is 0.245 e. The zero-order valence-corrected chi connectivity index (χ0v) is 18.6. The van der Waals surface area contributed by atoms with Crippen molar-refractivity contribution < 1.29 is 22.7 Å². The first-order valence-corrected chi connectivity index (χ1v) is 11.7. The molecule has 1 N–H and O–H groups in total. The lowest BCUT2D eigenvalue weighted by Gasteiger charge is -2.32.